The van der Waals surface area contributed by atoms with Gasteiger partial charge in [0.2, 0.25) is 0 Å². The molecule has 12 rings (SSSR count). The van der Waals surface area contributed by atoms with E-state index in [9.17, 15) is 0 Å². The number of hydrogen-bond acceptors (Lipinski definition) is 5. The number of furan rings is 2. The van der Waals surface area contributed by atoms with E-state index >= 15 is 0 Å². The lowest BCUT2D eigenvalue weighted by molar-refractivity contribution is 0.668. The summed E-state index contributed by atoms with van der Waals surface area (Å²) in [5.74, 6) is 1.73. The largest absolute Gasteiger partial charge is 0.456 e. The number of rotatable bonds is 5. The highest BCUT2D eigenvalue weighted by Gasteiger charge is 2.20. The first-order valence-corrected chi connectivity index (χ1v) is 19.0. The van der Waals surface area contributed by atoms with Crippen molar-refractivity contribution in [2.24, 2.45) is 0 Å². The van der Waals surface area contributed by atoms with Crippen LogP contribution in [-0.2, 0) is 0 Å². The SMILES string of the molecule is c1ccc(-c2cccc(-c3nc(-c4ccc5oc6cc7c(cc6c5c4)c4ccccc4n7-c4ccccc4)nc(-c4cccc5oc6ccccc6c45)n3)c2)cc1. The Bertz CT molecular complexity index is 3530. The number of fused-ring (bicyclic) bond motifs is 9. The maximum Gasteiger partial charge on any atom is 0.164 e. The van der Waals surface area contributed by atoms with Gasteiger partial charge in [0.15, 0.2) is 17.5 Å². The second-order valence-electron chi connectivity index (χ2n) is 14.4. The summed E-state index contributed by atoms with van der Waals surface area (Å²) in [6.07, 6.45) is 0. The third-order valence-electron chi connectivity index (χ3n) is 11.0. The van der Waals surface area contributed by atoms with E-state index in [1.807, 2.05) is 54.6 Å². The standard InChI is InChI=1S/C51H30N4O2/c1-3-13-31(14-4-1)32-15-11-16-33(27-32)49-52-50(54-51(53-49)38-21-12-24-46-48(38)37-20-8-10-23-44(37)56-46)34-25-26-45-40(28-34)41-29-39-36-19-7-9-22-42(36)55(35-17-5-2-6-18-35)43(39)30-47(41)57-45/h1-30H. The molecule has 0 aliphatic carbocycles. The maximum absolute atomic E-state index is 6.58. The van der Waals surface area contributed by atoms with Gasteiger partial charge in [-0.15, -0.1) is 0 Å². The second-order valence-corrected chi connectivity index (χ2v) is 14.4. The number of aromatic nitrogens is 4. The third-order valence-corrected chi connectivity index (χ3v) is 11.0. The molecule has 0 N–H and O–H groups in total. The van der Waals surface area contributed by atoms with Crippen LogP contribution >= 0.6 is 0 Å². The molecule has 6 nitrogen and oxygen atoms in total. The van der Waals surface area contributed by atoms with Crippen LogP contribution in [0.4, 0.5) is 0 Å². The fourth-order valence-corrected chi connectivity index (χ4v) is 8.42. The monoisotopic (exact) mass is 730 g/mol. The highest BCUT2D eigenvalue weighted by molar-refractivity contribution is 6.18. The fraction of sp³-hybridized carbons (Fsp3) is 0. The summed E-state index contributed by atoms with van der Waals surface area (Å²) in [5, 5.41) is 6.38. The van der Waals surface area contributed by atoms with Crippen molar-refractivity contribution in [1.29, 1.82) is 0 Å². The van der Waals surface area contributed by atoms with Crippen LogP contribution in [0.25, 0.3) is 117 Å². The highest BCUT2D eigenvalue weighted by atomic mass is 16.3. The zero-order chi connectivity index (χ0) is 37.5. The molecular weight excluding hydrogens is 701 g/mol. The Labute approximate surface area is 325 Å². The Morgan fingerprint density at radius 2 is 0.947 bits per heavy atom. The summed E-state index contributed by atoms with van der Waals surface area (Å²) in [6, 6.07) is 62.7. The molecule has 57 heavy (non-hydrogen) atoms. The van der Waals surface area contributed by atoms with Gasteiger partial charge in [0, 0.05) is 60.8 Å². The Hall–Kier alpha value is -7.83. The molecule has 4 aromatic heterocycles. The Morgan fingerprint density at radius 1 is 0.333 bits per heavy atom. The van der Waals surface area contributed by atoms with Gasteiger partial charge in [0.25, 0.3) is 0 Å². The molecule has 0 radical (unpaired) electrons. The van der Waals surface area contributed by atoms with E-state index in [2.05, 4.69) is 132 Å². The first-order valence-electron chi connectivity index (χ1n) is 19.0. The summed E-state index contributed by atoms with van der Waals surface area (Å²) in [5.41, 5.74) is 11.5. The van der Waals surface area contributed by atoms with Crippen molar-refractivity contribution in [3.63, 3.8) is 0 Å². The van der Waals surface area contributed by atoms with E-state index in [0.717, 1.165) is 88.4 Å². The van der Waals surface area contributed by atoms with Crippen molar-refractivity contribution in [3.05, 3.63) is 182 Å². The normalized spacial score (nSPS) is 11.9. The van der Waals surface area contributed by atoms with Gasteiger partial charge in [-0.05, 0) is 71.8 Å². The summed E-state index contributed by atoms with van der Waals surface area (Å²) < 4.78 is 15.2. The Balaban J connectivity index is 1.08. The smallest absolute Gasteiger partial charge is 0.164 e. The molecule has 0 amide bonds. The topological polar surface area (TPSA) is 69.9 Å². The first-order chi connectivity index (χ1) is 28.2. The molecule has 12 aromatic rings. The van der Waals surface area contributed by atoms with Crippen molar-refractivity contribution in [3.8, 4) is 51.0 Å². The number of para-hydroxylation sites is 3. The summed E-state index contributed by atoms with van der Waals surface area (Å²) in [4.78, 5) is 15.6. The summed E-state index contributed by atoms with van der Waals surface area (Å²) in [7, 11) is 0. The van der Waals surface area contributed by atoms with E-state index in [1.165, 1.54) is 10.8 Å². The average molecular weight is 731 g/mol. The molecule has 0 atom stereocenters. The van der Waals surface area contributed by atoms with Crippen molar-refractivity contribution in [2.45, 2.75) is 0 Å². The minimum Gasteiger partial charge on any atom is -0.456 e. The molecule has 0 saturated heterocycles. The van der Waals surface area contributed by atoms with E-state index < -0.39 is 0 Å². The van der Waals surface area contributed by atoms with Gasteiger partial charge in [0.1, 0.15) is 22.3 Å². The van der Waals surface area contributed by atoms with Crippen LogP contribution < -0.4 is 0 Å². The average Bonchev–Trinajstić information content (AvgIpc) is 3.95. The van der Waals surface area contributed by atoms with Crippen molar-refractivity contribution in [1.82, 2.24) is 19.5 Å². The van der Waals surface area contributed by atoms with Crippen molar-refractivity contribution in [2.75, 3.05) is 0 Å². The Kier molecular flexibility index (Phi) is 6.83. The molecule has 0 aliphatic heterocycles. The van der Waals surface area contributed by atoms with Crippen LogP contribution in [0.2, 0.25) is 0 Å². The van der Waals surface area contributed by atoms with Crippen LogP contribution in [0.15, 0.2) is 191 Å². The van der Waals surface area contributed by atoms with Gasteiger partial charge in [-0.2, -0.15) is 0 Å². The van der Waals surface area contributed by atoms with Gasteiger partial charge in [-0.25, -0.2) is 15.0 Å². The van der Waals surface area contributed by atoms with Gasteiger partial charge in [0.05, 0.1) is 11.0 Å². The zero-order valence-corrected chi connectivity index (χ0v) is 30.4. The van der Waals surface area contributed by atoms with Crippen LogP contribution in [0.5, 0.6) is 0 Å². The Morgan fingerprint density at radius 3 is 1.81 bits per heavy atom. The first kappa shape index (κ1) is 31.5. The molecule has 8 aromatic carbocycles. The lowest BCUT2D eigenvalue weighted by Gasteiger charge is -2.10. The second kappa shape index (κ2) is 12.3. The number of hydrogen-bond donors (Lipinski definition) is 0. The van der Waals surface area contributed by atoms with E-state index in [0.29, 0.717) is 17.5 Å². The van der Waals surface area contributed by atoms with Gasteiger partial charge in [-0.1, -0.05) is 115 Å². The van der Waals surface area contributed by atoms with Crippen molar-refractivity contribution >= 4 is 65.7 Å². The van der Waals surface area contributed by atoms with Gasteiger partial charge < -0.3 is 13.4 Å². The molecule has 0 spiro atoms. The molecule has 0 fully saturated rings. The lowest BCUT2D eigenvalue weighted by Crippen LogP contribution is -2.00. The third kappa shape index (κ3) is 5.01. The molecular formula is C51H30N4O2. The minimum atomic E-state index is 0.572. The fourth-order valence-electron chi connectivity index (χ4n) is 8.42. The molecule has 266 valence electrons. The molecule has 0 saturated carbocycles. The lowest BCUT2D eigenvalue weighted by atomic mass is 10.0. The van der Waals surface area contributed by atoms with Crippen LogP contribution in [0, 0.1) is 0 Å². The molecule has 0 unspecified atom stereocenters. The predicted molar refractivity (Wildman–Crippen MR) is 230 cm³/mol. The van der Waals surface area contributed by atoms with Gasteiger partial charge >= 0.3 is 0 Å². The quantitative estimate of drug-likeness (QED) is 0.176. The molecule has 0 bridgehead atoms. The van der Waals surface area contributed by atoms with E-state index in [-0.39, 0.29) is 0 Å². The van der Waals surface area contributed by atoms with Crippen LogP contribution in [0.1, 0.15) is 0 Å². The van der Waals surface area contributed by atoms with E-state index in [1.54, 1.807) is 0 Å². The minimum absolute atomic E-state index is 0.572. The number of benzene rings is 8. The summed E-state index contributed by atoms with van der Waals surface area (Å²) >= 11 is 0. The zero-order valence-electron chi connectivity index (χ0n) is 30.4. The van der Waals surface area contributed by atoms with Crippen LogP contribution in [0.3, 0.4) is 0 Å². The van der Waals surface area contributed by atoms with Crippen molar-refractivity contribution < 1.29 is 8.83 Å². The number of nitrogens with zero attached hydrogens (tertiary/aromatic N) is 4. The molecule has 6 heteroatoms. The highest BCUT2D eigenvalue weighted by Crippen LogP contribution is 2.40. The maximum atomic E-state index is 6.58. The predicted octanol–water partition coefficient (Wildman–Crippen LogP) is 13.4. The molecule has 4 heterocycles. The van der Waals surface area contributed by atoms with E-state index in [4.69, 9.17) is 23.8 Å². The summed E-state index contributed by atoms with van der Waals surface area (Å²) in [6.45, 7) is 0. The van der Waals surface area contributed by atoms with Gasteiger partial charge in [-0.3, -0.25) is 0 Å². The van der Waals surface area contributed by atoms with Crippen LogP contribution in [-0.4, -0.2) is 19.5 Å². The molecule has 0 aliphatic rings.